The highest BCUT2D eigenvalue weighted by Crippen LogP contribution is 2.22. The third-order valence-electron chi connectivity index (χ3n) is 5.06. The molecular formula is C19H23N5O3. The van der Waals surface area contributed by atoms with Crippen molar-refractivity contribution in [3.63, 3.8) is 0 Å². The first-order valence-electron chi connectivity index (χ1n) is 9.39. The van der Waals surface area contributed by atoms with Crippen LogP contribution in [0.4, 0.5) is 0 Å². The Balaban J connectivity index is 1.19. The number of nitrogens with zero attached hydrogens (tertiary/aromatic N) is 5. The Hall–Kier alpha value is -2.90. The van der Waals surface area contributed by atoms with Crippen molar-refractivity contribution in [3.05, 3.63) is 42.7 Å². The van der Waals surface area contributed by atoms with E-state index in [9.17, 15) is 4.79 Å². The minimum atomic E-state index is 0.151. The standard InChI is InChI=1S/C19H23N5O3/c25-18(5-4-17-21-19(22-27-17)16-3-1-14-26-16)23-11-6-15(7-12-23)8-13-24-10-2-9-20-24/h1-3,9-10,14-15H,4-8,11-13H2. The molecule has 3 aromatic rings. The molecule has 4 rings (SSSR count). The molecule has 0 aliphatic carbocycles. The van der Waals surface area contributed by atoms with E-state index in [2.05, 4.69) is 15.2 Å². The predicted octanol–water partition coefficient (Wildman–Crippen LogP) is 2.79. The van der Waals surface area contributed by atoms with Crippen molar-refractivity contribution >= 4 is 5.91 Å². The Morgan fingerprint density at radius 3 is 2.89 bits per heavy atom. The van der Waals surface area contributed by atoms with Gasteiger partial charge in [-0.3, -0.25) is 9.48 Å². The molecule has 0 aromatic carbocycles. The zero-order valence-corrected chi connectivity index (χ0v) is 15.2. The van der Waals surface area contributed by atoms with Crippen LogP contribution < -0.4 is 0 Å². The van der Waals surface area contributed by atoms with Crippen LogP contribution in [-0.2, 0) is 17.8 Å². The molecule has 1 amide bonds. The lowest BCUT2D eigenvalue weighted by atomic mass is 9.93. The zero-order valence-electron chi connectivity index (χ0n) is 15.2. The van der Waals surface area contributed by atoms with E-state index in [1.165, 1.54) is 0 Å². The number of rotatable bonds is 7. The number of carbonyl (C=O) groups is 1. The lowest BCUT2D eigenvalue weighted by Crippen LogP contribution is -2.38. The van der Waals surface area contributed by atoms with Gasteiger partial charge in [0.2, 0.25) is 17.6 Å². The van der Waals surface area contributed by atoms with Crippen LogP contribution in [0.5, 0.6) is 0 Å². The molecule has 8 nitrogen and oxygen atoms in total. The molecule has 0 bridgehead atoms. The molecule has 0 spiro atoms. The van der Waals surface area contributed by atoms with E-state index < -0.39 is 0 Å². The molecule has 0 saturated carbocycles. The summed E-state index contributed by atoms with van der Waals surface area (Å²) in [6.07, 6.45) is 9.42. The van der Waals surface area contributed by atoms with Gasteiger partial charge < -0.3 is 13.8 Å². The minimum Gasteiger partial charge on any atom is -0.461 e. The highest BCUT2D eigenvalue weighted by molar-refractivity contribution is 5.76. The van der Waals surface area contributed by atoms with Crippen LogP contribution in [-0.4, -0.2) is 43.8 Å². The topological polar surface area (TPSA) is 90.2 Å². The maximum Gasteiger partial charge on any atom is 0.238 e. The van der Waals surface area contributed by atoms with Gasteiger partial charge in [-0.05, 0) is 43.4 Å². The molecule has 0 radical (unpaired) electrons. The Morgan fingerprint density at radius 2 is 2.15 bits per heavy atom. The van der Waals surface area contributed by atoms with Crippen molar-refractivity contribution in [3.8, 4) is 11.6 Å². The smallest absolute Gasteiger partial charge is 0.238 e. The molecule has 4 heterocycles. The molecule has 1 saturated heterocycles. The van der Waals surface area contributed by atoms with Crippen molar-refractivity contribution < 1.29 is 13.7 Å². The van der Waals surface area contributed by atoms with E-state index in [-0.39, 0.29) is 5.91 Å². The second-order valence-electron chi connectivity index (χ2n) is 6.87. The van der Waals surface area contributed by atoms with E-state index in [0.29, 0.717) is 36.2 Å². The SMILES string of the molecule is O=C(CCc1nc(-c2ccco2)no1)N1CCC(CCn2cccn2)CC1. The maximum absolute atomic E-state index is 12.5. The van der Waals surface area contributed by atoms with Crippen LogP contribution in [0.15, 0.2) is 45.8 Å². The predicted molar refractivity (Wildman–Crippen MR) is 96.5 cm³/mol. The molecular weight excluding hydrogens is 346 g/mol. The number of aryl methyl sites for hydroxylation is 2. The van der Waals surface area contributed by atoms with Crippen molar-refractivity contribution in [2.75, 3.05) is 13.1 Å². The van der Waals surface area contributed by atoms with Gasteiger partial charge in [0.05, 0.1) is 6.26 Å². The van der Waals surface area contributed by atoms with Crippen LogP contribution in [0.25, 0.3) is 11.6 Å². The number of likely N-dealkylation sites (tertiary alicyclic amines) is 1. The number of carbonyl (C=O) groups excluding carboxylic acids is 1. The minimum absolute atomic E-state index is 0.151. The zero-order chi connectivity index (χ0) is 18.5. The summed E-state index contributed by atoms with van der Waals surface area (Å²) in [6.45, 7) is 2.59. The van der Waals surface area contributed by atoms with Gasteiger partial charge in [-0.2, -0.15) is 10.1 Å². The first-order chi connectivity index (χ1) is 13.3. The molecule has 0 unspecified atom stereocenters. The molecule has 27 heavy (non-hydrogen) atoms. The Labute approximate surface area is 157 Å². The quantitative estimate of drug-likeness (QED) is 0.636. The summed E-state index contributed by atoms with van der Waals surface area (Å²) in [5.41, 5.74) is 0. The first-order valence-corrected chi connectivity index (χ1v) is 9.39. The van der Waals surface area contributed by atoms with Crippen LogP contribution >= 0.6 is 0 Å². The van der Waals surface area contributed by atoms with E-state index in [4.69, 9.17) is 8.94 Å². The third kappa shape index (κ3) is 4.45. The molecule has 0 atom stereocenters. The van der Waals surface area contributed by atoms with E-state index in [0.717, 1.165) is 38.9 Å². The molecule has 1 aliphatic heterocycles. The van der Waals surface area contributed by atoms with E-state index >= 15 is 0 Å². The fraction of sp³-hybridized carbons (Fsp3) is 0.474. The van der Waals surface area contributed by atoms with Crippen molar-refractivity contribution in [2.24, 2.45) is 5.92 Å². The van der Waals surface area contributed by atoms with Crippen LogP contribution in [0.1, 0.15) is 31.6 Å². The Morgan fingerprint density at radius 1 is 1.26 bits per heavy atom. The van der Waals surface area contributed by atoms with Gasteiger partial charge in [0.15, 0.2) is 5.76 Å². The highest BCUT2D eigenvalue weighted by Gasteiger charge is 2.23. The third-order valence-corrected chi connectivity index (χ3v) is 5.06. The molecule has 142 valence electrons. The van der Waals surface area contributed by atoms with Crippen LogP contribution in [0, 0.1) is 5.92 Å². The summed E-state index contributed by atoms with van der Waals surface area (Å²) in [5.74, 6) is 2.25. The second-order valence-corrected chi connectivity index (χ2v) is 6.87. The molecule has 1 fully saturated rings. The largest absolute Gasteiger partial charge is 0.461 e. The van der Waals surface area contributed by atoms with Crippen molar-refractivity contribution in [2.45, 2.75) is 38.6 Å². The van der Waals surface area contributed by atoms with Crippen molar-refractivity contribution in [1.82, 2.24) is 24.8 Å². The fourth-order valence-corrected chi connectivity index (χ4v) is 3.45. The lowest BCUT2D eigenvalue weighted by molar-refractivity contribution is -0.132. The van der Waals surface area contributed by atoms with Gasteiger partial charge in [0.1, 0.15) is 0 Å². The summed E-state index contributed by atoms with van der Waals surface area (Å²) in [5, 5.41) is 8.13. The normalized spacial score (nSPS) is 15.3. The summed E-state index contributed by atoms with van der Waals surface area (Å²) >= 11 is 0. The van der Waals surface area contributed by atoms with Gasteiger partial charge >= 0.3 is 0 Å². The molecule has 3 aromatic heterocycles. The molecule has 0 N–H and O–H groups in total. The maximum atomic E-state index is 12.5. The van der Waals surface area contributed by atoms with Gasteiger partial charge in [-0.1, -0.05) is 5.16 Å². The monoisotopic (exact) mass is 369 g/mol. The number of aromatic nitrogens is 4. The average Bonchev–Trinajstić information content (AvgIpc) is 3.47. The number of hydrogen-bond donors (Lipinski definition) is 0. The van der Waals surface area contributed by atoms with Gasteiger partial charge in [-0.15, -0.1) is 0 Å². The summed E-state index contributed by atoms with van der Waals surface area (Å²) in [4.78, 5) is 18.7. The number of piperidine rings is 1. The van der Waals surface area contributed by atoms with Gasteiger partial charge in [-0.25, -0.2) is 0 Å². The summed E-state index contributed by atoms with van der Waals surface area (Å²) in [7, 11) is 0. The lowest BCUT2D eigenvalue weighted by Gasteiger charge is -2.32. The van der Waals surface area contributed by atoms with Crippen molar-refractivity contribution in [1.29, 1.82) is 0 Å². The molecule has 1 aliphatic rings. The van der Waals surface area contributed by atoms with E-state index in [1.807, 2.05) is 28.0 Å². The van der Waals surface area contributed by atoms with Crippen LogP contribution in [0.2, 0.25) is 0 Å². The Kier molecular flexibility index (Phi) is 5.32. The first kappa shape index (κ1) is 17.5. The van der Waals surface area contributed by atoms with Crippen LogP contribution in [0.3, 0.4) is 0 Å². The second kappa shape index (κ2) is 8.20. The fourth-order valence-electron chi connectivity index (χ4n) is 3.45. The summed E-state index contributed by atoms with van der Waals surface area (Å²) in [6, 6.07) is 5.49. The van der Waals surface area contributed by atoms with Gasteiger partial charge in [0.25, 0.3) is 0 Å². The molecule has 8 heteroatoms. The highest BCUT2D eigenvalue weighted by atomic mass is 16.5. The number of hydrogen-bond acceptors (Lipinski definition) is 6. The summed E-state index contributed by atoms with van der Waals surface area (Å²) < 4.78 is 12.4. The Bertz CT molecular complexity index is 833. The number of furan rings is 1. The van der Waals surface area contributed by atoms with E-state index in [1.54, 1.807) is 18.4 Å². The average molecular weight is 369 g/mol. The number of amides is 1. The van der Waals surface area contributed by atoms with Gasteiger partial charge in [0, 0.05) is 44.9 Å².